The van der Waals surface area contributed by atoms with Gasteiger partial charge in [-0.3, -0.25) is 9.59 Å². The first-order valence-electron chi connectivity index (χ1n) is 6.77. The highest BCUT2D eigenvalue weighted by Gasteiger charge is 2.30. The summed E-state index contributed by atoms with van der Waals surface area (Å²) in [7, 11) is 0. The molecule has 0 aliphatic rings. The lowest BCUT2D eigenvalue weighted by Gasteiger charge is -2.21. The summed E-state index contributed by atoms with van der Waals surface area (Å²) in [6.45, 7) is 0.598. The van der Waals surface area contributed by atoms with Crippen molar-refractivity contribution in [3.05, 3.63) is 0 Å². The summed E-state index contributed by atoms with van der Waals surface area (Å²) in [6, 6.07) is 0. The van der Waals surface area contributed by atoms with Crippen LogP contribution in [0, 0.1) is 0 Å². The second kappa shape index (κ2) is 10.7. The van der Waals surface area contributed by atoms with Gasteiger partial charge >= 0.3 is 5.97 Å². The van der Waals surface area contributed by atoms with Gasteiger partial charge in [0.05, 0.1) is 0 Å². The van der Waals surface area contributed by atoms with Crippen LogP contribution in [0.1, 0.15) is 39.0 Å². The number of esters is 1. The smallest absolute Gasteiger partial charge is 0.305 e. The molecule has 0 bridgehead atoms. The standard InChI is InChI=1S/C13H24O7/c1-2-3-4-5-6-11(17)20-8-10(16)13(19)12(18)9(15)7-14/h10,12-14,16,18-19H,2-8H2,1H3/t10-,12-,13-/m1/s1. The highest BCUT2D eigenvalue weighted by Crippen LogP contribution is 2.06. The lowest BCUT2D eigenvalue weighted by atomic mass is 10.1. The molecule has 7 heteroatoms. The summed E-state index contributed by atoms with van der Waals surface area (Å²) in [5.41, 5.74) is 0. The monoisotopic (exact) mass is 292 g/mol. The Hall–Kier alpha value is -1.02. The number of hydrogen-bond donors (Lipinski definition) is 4. The fourth-order valence-electron chi connectivity index (χ4n) is 1.54. The molecule has 0 radical (unpaired) electrons. The Balaban J connectivity index is 3.93. The van der Waals surface area contributed by atoms with E-state index < -0.39 is 43.3 Å². The Labute approximate surface area is 118 Å². The maximum absolute atomic E-state index is 11.3. The van der Waals surface area contributed by atoms with Gasteiger partial charge in [-0.05, 0) is 6.42 Å². The maximum Gasteiger partial charge on any atom is 0.305 e. The minimum atomic E-state index is -1.90. The van der Waals surface area contributed by atoms with Crippen LogP contribution in [-0.2, 0) is 14.3 Å². The molecule has 118 valence electrons. The van der Waals surface area contributed by atoms with Gasteiger partial charge in [0.1, 0.15) is 31.5 Å². The molecular formula is C13H24O7. The van der Waals surface area contributed by atoms with Crippen LogP contribution in [0.2, 0.25) is 0 Å². The van der Waals surface area contributed by atoms with Crippen LogP contribution in [0.15, 0.2) is 0 Å². The van der Waals surface area contributed by atoms with Crippen molar-refractivity contribution in [3.8, 4) is 0 Å². The Morgan fingerprint density at radius 3 is 2.30 bits per heavy atom. The van der Waals surface area contributed by atoms with Gasteiger partial charge in [-0.25, -0.2) is 0 Å². The molecular weight excluding hydrogens is 268 g/mol. The molecule has 0 spiro atoms. The van der Waals surface area contributed by atoms with E-state index in [9.17, 15) is 24.9 Å². The fraction of sp³-hybridized carbons (Fsp3) is 0.846. The van der Waals surface area contributed by atoms with Crippen LogP contribution >= 0.6 is 0 Å². The van der Waals surface area contributed by atoms with Gasteiger partial charge in [0.2, 0.25) is 0 Å². The van der Waals surface area contributed by atoms with Gasteiger partial charge in [0.25, 0.3) is 0 Å². The lowest BCUT2D eigenvalue weighted by molar-refractivity contribution is -0.154. The normalized spacial score (nSPS) is 15.4. The predicted molar refractivity (Wildman–Crippen MR) is 69.8 cm³/mol. The summed E-state index contributed by atoms with van der Waals surface area (Å²) in [5.74, 6) is -1.52. The van der Waals surface area contributed by atoms with E-state index in [0.29, 0.717) is 6.42 Å². The van der Waals surface area contributed by atoms with Gasteiger partial charge in [0.15, 0.2) is 5.78 Å². The molecule has 0 heterocycles. The highest BCUT2D eigenvalue weighted by molar-refractivity contribution is 5.84. The van der Waals surface area contributed by atoms with Gasteiger partial charge in [-0.1, -0.05) is 26.2 Å². The molecule has 0 aromatic heterocycles. The molecule has 0 rings (SSSR count). The zero-order valence-corrected chi connectivity index (χ0v) is 11.7. The van der Waals surface area contributed by atoms with E-state index in [2.05, 4.69) is 6.92 Å². The van der Waals surface area contributed by atoms with E-state index >= 15 is 0 Å². The Bertz CT molecular complexity index is 292. The van der Waals surface area contributed by atoms with Crippen molar-refractivity contribution in [1.82, 2.24) is 0 Å². The summed E-state index contributed by atoms with van der Waals surface area (Å²) >= 11 is 0. The first-order valence-corrected chi connectivity index (χ1v) is 6.77. The molecule has 0 aromatic carbocycles. The molecule has 0 amide bonds. The van der Waals surface area contributed by atoms with Crippen LogP contribution in [0.25, 0.3) is 0 Å². The molecule has 0 saturated carbocycles. The quantitative estimate of drug-likeness (QED) is 0.288. The van der Waals surface area contributed by atoms with Crippen LogP contribution < -0.4 is 0 Å². The molecule has 4 N–H and O–H groups in total. The average Bonchev–Trinajstić information content (AvgIpc) is 2.46. The first kappa shape index (κ1) is 19.0. The number of aliphatic hydroxyl groups is 4. The first-order chi connectivity index (χ1) is 9.43. The number of ether oxygens (including phenoxy) is 1. The van der Waals surface area contributed by atoms with Gasteiger partial charge < -0.3 is 25.2 Å². The van der Waals surface area contributed by atoms with Crippen LogP contribution in [-0.4, -0.2) is 63.7 Å². The van der Waals surface area contributed by atoms with E-state index in [0.717, 1.165) is 19.3 Å². The van der Waals surface area contributed by atoms with E-state index in [1.54, 1.807) is 0 Å². The summed E-state index contributed by atoms with van der Waals surface area (Å²) < 4.78 is 4.73. The van der Waals surface area contributed by atoms with Crippen molar-refractivity contribution in [2.45, 2.75) is 57.3 Å². The second-order valence-electron chi connectivity index (χ2n) is 4.62. The highest BCUT2D eigenvalue weighted by atomic mass is 16.5. The number of rotatable bonds is 11. The molecule has 0 aliphatic carbocycles. The van der Waals surface area contributed by atoms with Crippen molar-refractivity contribution in [2.24, 2.45) is 0 Å². The third kappa shape index (κ3) is 7.54. The summed E-state index contributed by atoms with van der Waals surface area (Å²) in [5, 5.41) is 36.7. The van der Waals surface area contributed by atoms with E-state index in [4.69, 9.17) is 9.84 Å². The summed E-state index contributed by atoms with van der Waals surface area (Å²) in [6.07, 6.45) is -1.37. The largest absolute Gasteiger partial charge is 0.463 e. The molecule has 0 fully saturated rings. The SMILES string of the molecule is CCCCCCC(=O)OC[C@@H](O)[C@@H](O)[C@H](O)C(=O)CO. The number of aliphatic hydroxyl groups excluding tert-OH is 4. The lowest BCUT2D eigenvalue weighted by Crippen LogP contribution is -2.45. The number of unbranched alkanes of at least 4 members (excludes halogenated alkanes) is 3. The van der Waals surface area contributed by atoms with Crippen LogP contribution in [0.3, 0.4) is 0 Å². The van der Waals surface area contributed by atoms with Crippen molar-refractivity contribution < 1.29 is 34.8 Å². The van der Waals surface area contributed by atoms with E-state index in [1.165, 1.54) is 0 Å². The van der Waals surface area contributed by atoms with Gasteiger partial charge in [-0.2, -0.15) is 0 Å². The Kier molecular flexibility index (Phi) is 10.2. The zero-order valence-electron chi connectivity index (χ0n) is 11.7. The zero-order chi connectivity index (χ0) is 15.5. The Morgan fingerprint density at radius 1 is 1.10 bits per heavy atom. The van der Waals surface area contributed by atoms with Crippen molar-refractivity contribution >= 4 is 11.8 Å². The molecule has 0 unspecified atom stereocenters. The molecule has 20 heavy (non-hydrogen) atoms. The number of ketones is 1. The molecule has 0 saturated heterocycles. The van der Waals surface area contributed by atoms with Crippen LogP contribution in [0.4, 0.5) is 0 Å². The third-order valence-electron chi connectivity index (χ3n) is 2.85. The maximum atomic E-state index is 11.3. The van der Waals surface area contributed by atoms with Gasteiger partial charge in [0, 0.05) is 6.42 Å². The molecule has 3 atom stereocenters. The molecule has 7 nitrogen and oxygen atoms in total. The molecule has 0 aromatic rings. The number of carbonyl (C=O) groups excluding carboxylic acids is 2. The minimum absolute atomic E-state index is 0.223. The topological polar surface area (TPSA) is 124 Å². The minimum Gasteiger partial charge on any atom is -0.463 e. The fourth-order valence-corrected chi connectivity index (χ4v) is 1.54. The van der Waals surface area contributed by atoms with E-state index in [1.807, 2.05) is 0 Å². The average molecular weight is 292 g/mol. The van der Waals surface area contributed by atoms with Crippen molar-refractivity contribution in [1.29, 1.82) is 0 Å². The Morgan fingerprint density at radius 2 is 1.75 bits per heavy atom. The van der Waals surface area contributed by atoms with E-state index in [-0.39, 0.29) is 6.42 Å². The van der Waals surface area contributed by atoms with Gasteiger partial charge in [-0.15, -0.1) is 0 Å². The number of carbonyl (C=O) groups is 2. The number of Topliss-reactive ketones (excluding diaryl/α,β-unsaturated/α-hetero) is 1. The van der Waals surface area contributed by atoms with Crippen molar-refractivity contribution in [3.63, 3.8) is 0 Å². The number of hydrogen-bond acceptors (Lipinski definition) is 7. The van der Waals surface area contributed by atoms with Crippen LogP contribution in [0.5, 0.6) is 0 Å². The summed E-state index contributed by atoms with van der Waals surface area (Å²) in [4.78, 5) is 22.2. The third-order valence-corrected chi connectivity index (χ3v) is 2.85. The van der Waals surface area contributed by atoms with Crippen molar-refractivity contribution in [2.75, 3.05) is 13.2 Å². The predicted octanol–water partition coefficient (Wildman–Crippen LogP) is -0.856. The second-order valence-corrected chi connectivity index (χ2v) is 4.62. The molecule has 0 aliphatic heterocycles.